The van der Waals surface area contributed by atoms with Crippen molar-refractivity contribution in [3.63, 3.8) is 0 Å². The summed E-state index contributed by atoms with van der Waals surface area (Å²) in [4.78, 5) is 30.7. The number of urea groups is 1. The number of likely N-dealkylation sites (tertiary alicyclic amines) is 1. The van der Waals surface area contributed by atoms with E-state index in [1.165, 1.54) is 5.56 Å². The fraction of sp³-hybridized carbons (Fsp3) is 0.636. The van der Waals surface area contributed by atoms with Gasteiger partial charge in [0, 0.05) is 57.4 Å². The zero-order valence-corrected chi connectivity index (χ0v) is 17.9. The van der Waals surface area contributed by atoms with Crippen LogP contribution in [0, 0.1) is 19.8 Å². The number of benzene rings is 1. The summed E-state index contributed by atoms with van der Waals surface area (Å²) in [5.41, 5.74) is 3.15. The summed E-state index contributed by atoms with van der Waals surface area (Å²) in [5, 5.41) is 12.2. The number of carbonyl (C=O) groups is 2. The van der Waals surface area contributed by atoms with E-state index in [9.17, 15) is 14.7 Å². The second-order valence-corrected chi connectivity index (χ2v) is 8.56. The molecule has 2 saturated heterocycles. The van der Waals surface area contributed by atoms with Crippen molar-refractivity contribution >= 4 is 17.7 Å². The summed E-state index contributed by atoms with van der Waals surface area (Å²) in [6, 6.07) is 6.20. The van der Waals surface area contributed by atoms with Crippen LogP contribution in [-0.4, -0.2) is 84.2 Å². The van der Waals surface area contributed by atoms with Crippen molar-refractivity contribution in [2.24, 2.45) is 5.92 Å². The van der Waals surface area contributed by atoms with Crippen molar-refractivity contribution in [3.8, 4) is 0 Å². The topological polar surface area (TPSA) is 76.1 Å². The van der Waals surface area contributed by atoms with Crippen molar-refractivity contribution in [2.75, 3.05) is 51.6 Å². The molecule has 0 saturated carbocycles. The lowest BCUT2D eigenvalue weighted by molar-refractivity contribution is -0.137. The summed E-state index contributed by atoms with van der Waals surface area (Å²) >= 11 is 0. The number of hydrogen-bond donors (Lipinski definition) is 2. The summed E-state index contributed by atoms with van der Waals surface area (Å²) in [7, 11) is 2.14. The van der Waals surface area contributed by atoms with Gasteiger partial charge < -0.3 is 20.2 Å². The molecule has 0 aliphatic carbocycles. The number of nitrogens with zero attached hydrogens (tertiary/aromatic N) is 3. The van der Waals surface area contributed by atoms with Crippen LogP contribution in [0.1, 0.15) is 30.4 Å². The molecule has 0 unspecified atom stereocenters. The number of piperidine rings is 1. The number of carbonyl (C=O) groups excluding carboxylic acids is 1. The van der Waals surface area contributed by atoms with E-state index in [0.717, 1.165) is 43.9 Å². The summed E-state index contributed by atoms with van der Waals surface area (Å²) in [5.74, 6) is -0.576. The van der Waals surface area contributed by atoms with E-state index in [2.05, 4.69) is 29.1 Å². The van der Waals surface area contributed by atoms with Gasteiger partial charge >= 0.3 is 12.0 Å². The Morgan fingerprint density at radius 3 is 2.48 bits per heavy atom. The van der Waals surface area contributed by atoms with E-state index in [0.29, 0.717) is 25.6 Å². The molecule has 2 heterocycles. The second-order valence-electron chi connectivity index (χ2n) is 8.56. The summed E-state index contributed by atoms with van der Waals surface area (Å²) in [6.07, 6.45) is 1.66. The van der Waals surface area contributed by atoms with E-state index in [1.807, 2.05) is 30.0 Å². The van der Waals surface area contributed by atoms with Crippen molar-refractivity contribution < 1.29 is 14.7 Å². The summed E-state index contributed by atoms with van der Waals surface area (Å²) in [6.45, 7) is 9.52. The molecule has 29 heavy (non-hydrogen) atoms. The monoisotopic (exact) mass is 402 g/mol. The number of rotatable bonds is 5. The largest absolute Gasteiger partial charge is 0.481 e. The van der Waals surface area contributed by atoms with Crippen LogP contribution in [0.5, 0.6) is 0 Å². The molecular weight excluding hydrogens is 368 g/mol. The average Bonchev–Trinajstić information content (AvgIpc) is 2.69. The number of anilines is 1. The molecule has 7 heteroatoms. The Hall–Kier alpha value is -2.12. The highest BCUT2D eigenvalue weighted by Crippen LogP contribution is 2.28. The lowest BCUT2D eigenvalue weighted by Gasteiger charge is -2.46. The molecule has 0 spiro atoms. The lowest BCUT2D eigenvalue weighted by Crippen LogP contribution is -2.57. The highest BCUT2D eigenvalue weighted by atomic mass is 16.4. The Kier molecular flexibility index (Phi) is 7.14. The number of aryl methyl sites for hydroxylation is 2. The first-order valence-electron chi connectivity index (χ1n) is 10.6. The standard InChI is InChI=1S/C22H34N4O3/c1-16-4-6-19(14-17(16)2)23-22(29)26-9-8-20(18(15-26)5-7-21(27)28)25-12-10-24(3)11-13-25/h4,6,14,18,20H,5,7-13,15H2,1-3H3,(H,23,29)(H,27,28)/t18-,20+/m1/s1. The molecule has 3 rings (SSSR count). The molecule has 2 fully saturated rings. The Labute approximate surface area is 173 Å². The van der Waals surface area contributed by atoms with Gasteiger partial charge in [0.1, 0.15) is 0 Å². The number of piperazine rings is 1. The number of likely N-dealkylation sites (N-methyl/N-ethyl adjacent to an activating group) is 1. The number of amides is 2. The Bertz CT molecular complexity index is 731. The van der Waals surface area contributed by atoms with E-state index < -0.39 is 5.97 Å². The van der Waals surface area contributed by atoms with Crippen molar-refractivity contribution in [1.29, 1.82) is 0 Å². The van der Waals surface area contributed by atoms with Gasteiger partial charge in [-0.2, -0.15) is 0 Å². The minimum Gasteiger partial charge on any atom is -0.481 e. The lowest BCUT2D eigenvalue weighted by atomic mass is 9.86. The molecule has 0 aromatic heterocycles. The minimum atomic E-state index is -0.765. The molecule has 2 N–H and O–H groups in total. The zero-order chi connectivity index (χ0) is 21.0. The van der Waals surface area contributed by atoms with E-state index >= 15 is 0 Å². The van der Waals surface area contributed by atoms with Gasteiger partial charge in [-0.15, -0.1) is 0 Å². The van der Waals surface area contributed by atoms with E-state index in [1.54, 1.807) is 0 Å². The van der Waals surface area contributed by atoms with E-state index in [-0.39, 0.29) is 18.4 Å². The van der Waals surface area contributed by atoms with Gasteiger partial charge in [0.15, 0.2) is 0 Å². The highest BCUT2D eigenvalue weighted by Gasteiger charge is 2.36. The minimum absolute atomic E-state index is 0.0922. The molecule has 160 valence electrons. The molecule has 0 radical (unpaired) electrons. The SMILES string of the molecule is Cc1ccc(NC(=O)N2CC[C@H](N3CCN(C)CC3)[C@H](CCC(=O)O)C2)cc1C. The van der Waals surface area contributed by atoms with Crippen LogP contribution in [0.3, 0.4) is 0 Å². The molecule has 0 bridgehead atoms. The van der Waals surface area contributed by atoms with Gasteiger partial charge in [0.2, 0.25) is 0 Å². The molecule has 2 aliphatic heterocycles. The predicted octanol–water partition coefficient (Wildman–Crippen LogP) is 2.64. The first-order valence-corrected chi connectivity index (χ1v) is 10.6. The maximum Gasteiger partial charge on any atom is 0.321 e. The van der Waals surface area contributed by atoms with Crippen LogP contribution in [0.15, 0.2) is 18.2 Å². The Morgan fingerprint density at radius 2 is 1.83 bits per heavy atom. The van der Waals surface area contributed by atoms with Crippen LogP contribution in [0.2, 0.25) is 0 Å². The van der Waals surface area contributed by atoms with Gasteiger partial charge in [0.05, 0.1) is 0 Å². The highest BCUT2D eigenvalue weighted by molar-refractivity contribution is 5.89. The van der Waals surface area contributed by atoms with Crippen molar-refractivity contribution in [3.05, 3.63) is 29.3 Å². The fourth-order valence-electron chi connectivity index (χ4n) is 4.45. The fourth-order valence-corrected chi connectivity index (χ4v) is 4.45. The zero-order valence-electron chi connectivity index (χ0n) is 17.9. The van der Waals surface area contributed by atoms with Gasteiger partial charge in [-0.25, -0.2) is 4.79 Å². The average molecular weight is 403 g/mol. The maximum atomic E-state index is 12.9. The van der Waals surface area contributed by atoms with Crippen LogP contribution >= 0.6 is 0 Å². The Morgan fingerprint density at radius 1 is 1.10 bits per heavy atom. The third-order valence-electron chi connectivity index (χ3n) is 6.48. The first-order chi connectivity index (χ1) is 13.8. The van der Waals surface area contributed by atoms with Crippen molar-refractivity contribution in [1.82, 2.24) is 14.7 Å². The number of nitrogens with one attached hydrogen (secondary N) is 1. The molecular formula is C22H34N4O3. The van der Waals surface area contributed by atoms with Gasteiger partial charge in [-0.3, -0.25) is 9.69 Å². The second kappa shape index (κ2) is 9.59. The number of carboxylic acids is 1. The number of aliphatic carboxylic acids is 1. The number of carboxylic acid groups (broad SMARTS) is 1. The third kappa shape index (κ3) is 5.70. The van der Waals surface area contributed by atoms with Crippen LogP contribution in [0.25, 0.3) is 0 Å². The third-order valence-corrected chi connectivity index (χ3v) is 6.48. The predicted molar refractivity (Wildman–Crippen MR) is 114 cm³/mol. The van der Waals surface area contributed by atoms with Crippen LogP contribution < -0.4 is 5.32 Å². The van der Waals surface area contributed by atoms with Crippen LogP contribution in [-0.2, 0) is 4.79 Å². The first kappa shape index (κ1) is 21.6. The van der Waals surface area contributed by atoms with Gasteiger partial charge in [-0.05, 0) is 62.9 Å². The maximum absolute atomic E-state index is 12.9. The Balaban J connectivity index is 1.64. The number of hydrogen-bond acceptors (Lipinski definition) is 4. The quantitative estimate of drug-likeness (QED) is 0.792. The molecule has 1 aromatic rings. The van der Waals surface area contributed by atoms with Crippen LogP contribution in [0.4, 0.5) is 10.5 Å². The molecule has 2 amide bonds. The molecule has 7 nitrogen and oxygen atoms in total. The van der Waals surface area contributed by atoms with Gasteiger partial charge in [-0.1, -0.05) is 6.07 Å². The molecule has 1 aromatic carbocycles. The van der Waals surface area contributed by atoms with Crippen molar-refractivity contribution in [2.45, 2.75) is 39.2 Å². The van der Waals surface area contributed by atoms with Gasteiger partial charge in [0.25, 0.3) is 0 Å². The molecule has 2 atom stereocenters. The smallest absolute Gasteiger partial charge is 0.321 e. The normalized spacial score (nSPS) is 23.8. The molecule has 2 aliphatic rings. The van der Waals surface area contributed by atoms with E-state index in [4.69, 9.17) is 0 Å². The summed E-state index contributed by atoms with van der Waals surface area (Å²) < 4.78 is 0.